The Morgan fingerprint density at radius 2 is 2.12 bits per heavy atom. The zero-order valence-corrected chi connectivity index (χ0v) is 12.1. The summed E-state index contributed by atoms with van der Waals surface area (Å²) in [5, 5.41) is 3.57. The molecule has 0 aliphatic rings. The molecule has 1 unspecified atom stereocenters. The van der Waals surface area contributed by atoms with E-state index in [1.807, 2.05) is 23.9 Å². The molecule has 1 N–H and O–H groups in total. The van der Waals surface area contributed by atoms with Gasteiger partial charge in [0, 0.05) is 18.3 Å². The fourth-order valence-corrected chi connectivity index (χ4v) is 2.40. The van der Waals surface area contributed by atoms with Gasteiger partial charge in [0.05, 0.1) is 12.0 Å². The number of furan rings is 1. The molecule has 1 atom stereocenters. The molecule has 0 bridgehead atoms. The van der Waals surface area contributed by atoms with Crippen LogP contribution in [0.4, 0.5) is 0 Å². The highest BCUT2D eigenvalue weighted by atomic mass is 32.2. The number of rotatable bonds is 9. The summed E-state index contributed by atoms with van der Waals surface area (Å²) in [5.41, 5.74) is 0. The van der Waals surface area contributed by atoms with Gasteiger partial charge in [0.15, 0.2) is 0 Å². The molecule has 1 heterocycles. The minimum atomic E-state index is 0.640. The average Bonchev–Trinajstić information content (AvgIpc) is 2.79. The normalized spacial score (nSPS) is 13.2. The standard InChI is InChI=1S/C14H25NOS/c1-12(2)6-7-13(3)15-8-10-17-11-14-5-4-9-16-14/h4-5,9,12-13,15H,6-8,10-11H2,1-3H3. The van der Waals surface area contributed by atoms with Crippen molar-refractivity contribution in [3.63, 3.8) is 0 Å². The van der Waals surface area contributed by atoms with Crippen LogP contribution in [-0.2, 0) is 5.75 Å². The minimum absolute atomic E-state index is 0.640. The van der Waals surface area contributed by atoms with Crippen LogP contribution in [0.3, 0.4) is 0 Å². The van der Waals surface area contributed by atoms with E-state index in [0.717, 1.165) is 29.7 Å². The first-order valence-electron chi connectivity index (χ1n) is 6.52. The summed E-state index contributed by atoms with van der Waals surface area (Å²) in [7, 11) is 0. The minimum Gasteiger partial charge on any atom is -0.468 e. The van der Waals surface area contributed by atoms with Crippen LogP contribution in [0.15, 0.2) is 22.8 Å². The van der Waals surface area contributed by atoms with Gasteiger partial charge in [-0.25, -0.2) is 0 Å². The van der Waals surface area contributed by atoms with Crippen LogP contribution in [0.5, 0.6) is 0 Å². The van der Waals surface area contributed by atoms with Crippen molar-refractivity contribution in [2.45, 2.75) is 45.4 Å². The van der Waals surface area contributed by atoms with Crippen LogP contribution in [0, 0.1) is 5.92 Å². The zero-order chi connectivity index (χ0) is 12.5. The lowest BCUT2D eigenvalue weighted by molar-refractivity contribution is 0.460. The second-order valence-electron chi connectivity index (χ2n) is 4.96. The molecule has 0 amide bonds. The van der Waals surface area contributed by atoms with Crippen molar-refractivity contribution in [3.05, 3.63) is 24.2 Å². The van der Waals surface area contributed by atoms with Crippen molar-refractivity contribution >= 4 is 11.8 Å². The molecule has 1 rings (SSSR count). The molecular weight excluding hydrogens is 230 g/mol. The second kappa shape index (κ2) is 8.65. The maximum absolute atomic E-state index is 5.28. The first kappa shape index (κ1) is 14.7. The fraction of sp³-hybridized carbons (Fsp3) is 0.714. The fourth-order valence-electron chi connectivity index (χ4n) is 1.63. The monoisotopic (exact) mass is 255 g/mol. The van der Waals surface area contributed by atoms with E-state index in [9.17, 15) is 0 Å². The van der Waals surface area contributed by atoms with Gasteiger partial charge in [0.1, 0.15) is 5.76 Å². The Bertz CT molecular complexity index is 272. The first-order chi connectivity index (χ1) is 8.18. The van der Waals surface area contributed by atoms with Gasteiger partial charge in [-0.15, -0.1) is 0 Å². The molecule has 3 heteroatoms. The van der Waals surface area contributed by atoms with Crippen LogP contribution in [0.25, 0.3) is 0 Å². The molecule has 0 aliphatic heterocycles. The number of nitrogens with one attached hydrogen (secondary N) is 1. The van der Waals surface area contributed by atoms with Gasteiger partial charge in [-0.1, -0.05) is 13.8 Å². The molecule has 98 valence electrons. The number of hydrogen-bond donors (Lipinski definition) is 1. The van der Waals surface area contributed by atoms with Crippen LogP contribution in [0.1, 0.15) is 39.4 Å². The number of hydrogen-bond acceptors (Lipinski definition) is 3. The lowest BCUT2D eigenvalue weighted by Crippen LogP contribution is -2.28. The van der Waals surface area contributed by atoms with Crippen LogP contribution >= 0.6 is 11.8 Å². The van der Waals surface area contributed by atoms with E-state index in [1.165, 1.54) is 12.8 Å². The first-order valence-corrected chi connectivity index (χ1v) is 7.67. The Kier molecular flexibility index (Phi) is 7.45. The van der Waals surface area contributed by atoms with Crippen molar-refractivity contribution in [1.82, 2.24) is 5.32 Å². The molecule has 0 saturated heterocycles. The predicted molar refractivity (Wildman–Crippen MR) is 76.4 cm³/mol. The van der Waals surface area contributed by atoms with E-state index in [2.05, 4.69) is 26.1 Å². The van der Waals surface area contributed by atoms with Crippen LogP contribution < -0.4 is 5.32 Å². The van der Waals surface area contributed by atoms with Crippen molar-refractivity contribution in [1.29, 1.82) is 0 Å². The van der Waals surface area contributed by atoms with Gasteiger partial charge < -0.3 is 9.73 Å². The van der Waals surface area contributed by atoms with Crippen molar-refractivity contribution in [2.75, 3.05) is 12.3 Å². The van der Waals surface area contributed by atoms with Gasteiger partial charge >= 0.3 is 0 Å². The molecule has 0 fully saturated rings. The molecule has 2 nitrogen and oxygen atoms in total. The maximum Gasteiger partial charge on any atom is 0.113 e. The highest BCUT2D eigenvalue weighted by Crippen LogP contribution is 2.12. The lowest BCUT2D eigenvalue weighted by Gasteiger charge is -2.14. The third-order valence-electron chi connectivity index (χ3n) is 2.74. The van der Waals surface area contributed by atoms with E-state index >= 15 is 0 Å². The largest absolute Gasteiger partial charge is 0.468 e. The summed E-state index contributed by atoms with van der Waals surface area (Å²) < 4.78 is 5.28. The number of thioether (sulfide) groups is 1. The summed E-state index contributed by atoms with van der Waals surface area (Å²) in [4.78, 5) is 0. The van der Waals surface area contributed by atoms with Gasteiger partial charge in [-0.05, 0) is 37.8 Å². The molecule has 0 saturated carbocycles. The molecule has 0 spiro atoms. The lowest BCUT2D eigenvalue weighted by atomic mass is 10.0. The van der Waals surface area contributed by atoms with Crippen LogP contribution in [0.2, 0.25) is 0 Å². The molecule has 1 aromatic heterocycles. The van der Waals surface area contributed by atoms with E-state index in [4.69, 9.17) is 4.42 Å². The Morgan fingerprint density at radius 3 is 2.76 bits per heavy atom. The Balaban J connectivity index is 1.93. The summed E-state index contributed by atoms with van der Waals surface area (Å²) in [6, 6.07) is 4.62. The molecule has 17 heavy (non-hydrogen) atoms. The Morgan fingerprint density at radius 1 is 1.29 bits per heavy atom. The quantitative estimate of drug-likeness (QED) is 0.677. The van der Waals surface area contributed by atoms with Crippen molar-refractivity contribution < 1.29 is 4.42 Å². The maximum atomic E-state index is 5.28. The summed E-state index contributed by atoms with van der Waals surface area (Å²) >= 11 is 1.92. The van der Waals surface area contributed by atoms with Gasteiger partial charge in [-0.2, -0.15) is 11.8 Å². The Labute approximate surface area is 110 Å². The van der Waals surface area contributed by atoms with E-state index in [1.54, 1.807) is 6.26 Å². The second-order valence-corrected chi connectivity index (χ2v) is 6.06. The topological polar surface area (TPSA) is 25.2 Å². The van der Waals surface area contributed by atoms with Crippen molar-refractivity contribution in [2.24, 2.45) is 5.92 Å². The van der Waals surface area contributed by atoms with Crippen LogP contribution in [-0.4, -0.2) is 18.3 Å². The highest BCUT2D eigenvalue weighted by Gasteiger charge is 2.02. The molecule has 1 aromatic rings. The van der Waals surface area contributed by atoms with Gasteiger partial charge in [0.2, 0.25) is 0 Å². The Hall–Kier alpha value is -0.410. The molecule has 0 radical (unpaired) electrons. The molecular formula is C14H25NOS. The van der Waals surface area contributed by atoms with Crippen molar-refractivity contribution in [3.8, 4) is 0 Å². The molecule has 0 aromatic carbocycles. The average molecular weight is 255 g/mol. The summed E-state index contributed by atoms with van der Waals surface area (Å²) in [5.74, 6) is 4.01. The predicted octanol–water partition coefficient (Wildman–Crippen LogP) is 3.93. The van der Waals surface area contributed by atoms with Gasteiger partial charge in [0.25, 0.3) is 0 Å². The van der Waals surface area contributed by atoms with E-state index in [-0.39, 0.29) is 0 Å². The zero-order valence-electron chi connectivity index (χ0n) is 11.2. The summed E-state index contributed by atoms with van der Waals surface area (Å²) in [6.07, 6.45) is 4.33. The smallest absolute Gasteiger partial charge is 0.113 e. The third kappa shape index (κ3) is 7.50. The van der Waals surface area contributed by atoms with E-state index < -0.39 is 0 Å². The summed E-state index contributed by atoms with van der Waals surface area (Å²) in [6.45, 7) is 7.93. The third-order valence-corrected chi connectivity index (χ3v) is 3.72. The van der Waals surface area contributed by atoms with E-state index in [0.29, 0.717) is 6.04 Å². The van der Waals surface area contributed by atoms with Gasteiger partial charge in [-0.3, -0.25) is 0 Å². The molecule has 0 aliphatic carbocycles. The highest BCUT2D eigenvalue weighted by molar-refractivity contribution is 7.98. The SMILES string of the molecule is CC(C)CCC(C)NCCSCc1ccco1.